The lowest BCUT2D eigenvalue weighted by molar-refractivity contribution is -0.151. The number of amides is 6. The van der Waals surface area contributed by atoms with Gasteiger partial charge in [-0.05, 0) is 43.9 Å². The Labute approximate surface area is 301 Å². The van der Waals surface area contributed by atoms with E-state index in [2.05, 4.69) is 26.6 Å². The van der Waals surface area contributed by atoms with Crippen molar-refractivity contribution in [3.05, 3.63) is 0 Å². The summed E-state index contributed by atoms with van der Waals surface area (Å²) in [6.07, 6.45) is -0.694. The third-order valence-electron chi connectivity index (χ3n) is 8.36. The van der Waals surface area contributed by atoms with Gasteiger partial charge in [0.1, 0.15) is 30.2 Å². The number of nitrogens with zero attached hydrogens (tertiary/aromatic N) is 1. The monoisotopic (exact) mass is 740 g/mol. The topological polar surface area (TPSA) is 295 Å². The van der Waals surface area contributed by atoms with E-state index in [4.69, 9.17) is 10.2 Å². The van der Waals surface area contributed by atoms with E-state index in [9.17, 15) is 53.1 Å². The second kappa shape index (κ2) is 21.3. The first-order valence-electron chi connectivity index (χ1n) is 17.2. The van der Waals surface area contributed by atoms with E-state index in [1.54, 1.807) is 34.6 Å². The third-order valence-corrected chi connectivity index (χ3v) is 8.36. The highest BCUT2D eigenvalue weighted by atomic mass is 16.4. The highest BCUT2D eigenvalue weighted by Gasteiger charge is 2.41. The van der Waals surface area contributed by atoms with Crippen molar-refractivity contribution in [1.82, 2.24) is 31.5 Å². The van der Waals surface area contributed by atoms with Gasteiger partial charge in [0.15, 0.2) is 0 Å². The molecule has 1 aliphatic heterocycles. The van der Waals surface area contributed by atoms with E-state index < -0.39 is 126 Å². The lowest BCUT2D eigenvalue weighted by atomic mass is 9.98. The van der Waals surface area contributed by atoms with Crippen LogP contribution in [-0.2, 0) is 47.9 Å². The Morgan fingerprint density at radius 3 is 1.62 bits per heavy atom. The fourth-order valence-corrected chi connectivity index (χ4v) is 5.59. The number of hydrogen-bond donors (Lipinski definition) is 8. The van der Waals surface area contributed by atoms with Crippen molar-refractivity contribution in [3.8, 4) is 0 Å². The van der Waals surface area contributed by atoms with Gasteiger partial charge in [-0.3, -0.25) is 43.2 Å². The van der Waals surface area contributed by atoms with Crippen molar-refractivity contribution in [1.29, 1.82) is 0 Å². The smallest absolute Gasteiger partial charge is 0.374 e. The van der Waals surface area contributed by atoms with Crippen LogP contribution in [0.5, 0.6) is 0 Å². The van der Waals surface area contributed by atoms with Crippen LogP contribution in [0.2, 0.25) is 0 Å². The molecule has 52 heavy (non-hydrogen) atoms. The lowest BCUT2D eigenvalue weighted by Gasteiger charge is -2.33. The van der Waals surface area contributed by atoms with Crippen molar-refractivity contribution < 1.29 is 63.3 Å². The van der Waals surface area contributed by atoms with E-state index in [1.165, 1.54) is 4.90 Å². The van der Waals surface area contributed by atoms with Gasteiger partial charge in [0, 0.05) is 26.3 Å². The molecule has 1 aliphatic rings. The molecule has 8 N–H and O–H groups in total. The van der Waals surface area contributed by atoms with Gasteiger partial charge in [0.2, 0.25) is 35.4 Å². The molecule has 6 atom stereocenters. The highest BCUT2D eigenvalue weighted by Crippen LogP contribution is 2.21. The summed E-state index contributed by atoms with van der Waals surface area (Å²) < 4.78 is 0. The number of carboxylic acids is 3. The molecule has 1 saturated heterocycles. The molecule has 0 saturated carbocycles. The predicted octanol–water partition coefficient (Wildman–Crippen LogP) is -1.08. The second-order valence-electron chi connectivity index (χ2n) is 13.3. The normalized spacial score (nSPS) is 16.8. The van der Waals surface area contributed by atoms with Gasteiger partial charge in [-0.2, -0.15) is 0 Å². The Hall–Kier alpha value is -5.10. The van der Waals surface area contributed by atoms with Crippen LogP contribution in [0.15, 0.2) is 0 Å². The standard InChI is InChI=1S/C33H52N6O13/c1-7-9-19(27(45)33(51)52)35-30(48)22-10-8-15-39(22)32(50)26(17(4)5)38-31(49)25(16(2)3)37-29(47)21(12-14-24(43)44)36-28(46)20(34-18(6)40)11-13-23(41)42/h16-17,19-22,25-26H,7-15H2,1-6H3,(H,34,40)(H,35,48)(H,36,46)(H,37,47)(H,38,49)(H,41,42)(H,43,44)(H,51,52)/t19?,20-,21-,22-,25-,26-/m0/s1. The van der Waals surface area contributed by atoms with Crippen LogP contribution in [0.4, 0.5) is 0 Å². The summed E-state index contributed by atoms with van der Waals surface area (Å²) in [7, 11) is 0. The maximum absolute atomic E-state index is 13.8. The summed E-state index contributed by atoms with van der Waals surface area (Å²) in [5, 5.41) is 39.6. The van der Waals surface area contributed by atoms with Crippen LogP contribution in [0.25, 0.3) is 0 Å². The van der Waals surface area contributed by atoms with Crippen molar-refractivity contribution in [2.24, 2.45) is 11.8 Å². The molecule has 1 unspecified atom stereocenters. The average Bonchev–Trinajstić information content (AvgIpc) is 3.54. The van der Waals surface area contributed by atoms with Gasteiger partial charge < -0.3 is 46.8 Å². The minimum absolute atomic E-state index is 0.0754. The molecule has 1 rings (SSSR count). The number of likely N-dealkylation sites (tertiary alicyclic amines) is 1. The molecule has 19 heteroatoms. The minimum atomic E-state index is -1.70. The first-order valence-corrected chi connectivity index (χ1v) is 17.2. The van der Waals surface area contributed by atoms with Crippen molar-refractivity contribution >= 4 is 59.1 Å². The Kier molecular flexibility index (Phi) is 18.4. The number of rotatable bonds is 22. The summed E-state index contributed by atoms with van der Waals surface area (Å²) in [6, 6.07) is -7.70. The van der Waals surface area contributed by atoms with Crippen molar-refractivity contribution in [3.63, 3.8) is 0 Å². The molecule has 0 radical (unpaired) electrons. The molecule has 19 nitrogen and oxygen atoms in total. The molecule has 0 aliphatic carbocycles. The number of nitrogens with one attached hydrogen (secondary N) is 5. The van der Waals surface area contributed by atoms with Crippen molar-refractivity contribution in [2.45, 2.75) is 129 Å². The molecule has 6 amide bonds. The van der Waals surface area contributed by atoms with Crippen LogP contribution in [0.3, 0.4) is 0 Å². The van der Waals surface area contributed by atoms with Gasteiger partial charge in [-0.15, -0.1) is 0 Å². The molecule has 0 bridgehead atoms. The summed E-state index contributed by atoms with van der Waals surface area (Å²) in [4.78, 5) is 126. The zero-order valence-electron chi connectivity index (χ0n) is 30.4. The summed E-state index contributed by atoms with van der Waals surface area (Å²) in [6.45, 7) is 9.42. The number of carbonyl (C=O) groups excluding carboxylic acids is 7. The van der Waals surface area contributed by atoms with Gasteiger partial charge in [0.05, 0.1) is 6.04 Å². The Bertz CT molecular complexity index is 1370. The van der Waals surface area contributed by atoms with E-state index in [1.807, 2.05) is 0 Å². The van der Waals surface area contributed by atoms with Gasteiger partial charge in [-0.25, -0.2) is 4.79 Å². The molecule has 0 spiro atoms. The fourth-order valence-electron chi connectivity index (χ4n) is 5.59. The molecule has 1 heterocycles. The number of ketones is 1. The van der Waals surface area contributed by atoms with Crippen LogP contribution in [0, 0.1) is 11.8 Å². The van der Waals surface area contributed by atoms with Crippen LogP contribution >= 0.6 is 0 Å². The van der Waals surface area contributed by atoms with Gasteiger partial charge in [-0.1, -0.05) is 41.0 Å². The molecule has 292 valence electrons. The fraction of sp³-hybridized carbons (Fsp3) is 0.697. The molecule has 1 fully saturated rings. The zero-order chi connectivity index (χ0) is 39.9. The molecule has 0 aromatic heterocycles. The lowest BCUT2D eigenvalue weighted by Crippen LogP contribution is -2.61. The van der Waals surface area contributed by atoms with Gasteiger partial charge in [0.25, 0.3) is 5.78 Å². The number of carbonyl (C=O) groups is 10. The number of aliphatic carboxylic acids is 3. The summed E-state index contributed by atoms with van der Waals surface area (Å²) >= 11 is 0. The van der Waals surface area contributed by atoms with Crippen molar-refractivity contribution in [2.75, 3.05) is 6.54 Å². The predicted molar refractivity (Wildman–Crippen MR) is 181 cm³/mol. The maximum atomic E-state index is 13.8. The minimum Gasteiger partial charge on any atom is -0.481 e. The van der Waals surface area contributed by atoms with E-state index >= 15 is 0 Å². The van der Waals surface area contributed by atoms with Crippen LogP contribution < -0.4 is 26.6 Å². The van der Waals surface area contributed by atoms with E-state index in [0.29, 0.717) is 12.8 Å². The first-order chi connectivity index (χ1) is 24.2. The highest BCUT2D eigenvalue weighted by molar-refractivity contribution is 6.35. The number of Topliss-reactive ketones (excluding diaryl/α,β-unsaturated/α-hetero) is 1. The quantitative estimate of drug-likeness (QED) is 0.0614. The zero-order valence-corrected chi connectivity index (χ0v) is 30.4. The third kappa shape index (κ3) is 14.3. The maximum Gasteiger partial charge on any atom is 0.374 e. The summed E-state index contributed by atoms with van der Waals surface area (Å²) in [5.41, 5.74) is 0. The summed E-state index contributed by atoms with van der Waals surface area (Å²) in [5.74, 6) is -11.2. The second-order valence-corrected chi connectivity index (χ2v) is 13.3. The molecular formula is C33H52N6O13. The Balaban J connectivity index is 3.22. The number of hydrogen-bond acceptors (Lipinski definition) is 10. The largest absolute Gasteiger partial charge is 0.481 e. The Morgan fingerprint density at radius 2 is 1.15 bits per heavy atom. The average molecular weight is 741 g/mol. The SMILES string of the molecule is CCCC(NC(=O)[C@@H]1CCCN1C(=O)[C@@H](NC(=O)[C@@H](NC(=O)[C@H](CCC(=O)O)NC(=O)[C@H](CCC(=O)O)NC(C)=O)C(C)C)C(C)C)C(=O)C(=O)O. The van der Waals surface area contributed by atoms with Gasteiger partial charge >= 0.3 is 17.9 Å². The molecule has 0 aromatic rings. The van der Waals surface area contributed by atoms with Crippen LogP contribution in [-0.4, -0.2) is 122 Å². The van der Waals surface area contributed by atoms with E-state index in [0.717, 1.165) is 6.92 Å². The van der Waals surface area contributed by atoms with Crippen LogP contribution in [0.1, 0.15) is 92.9 Å². The number of carboxylic acid groups (broad SMARTS) is 3. The molecule has 0 aromatic carbocycles. The molecular weight excluding hydrogens is 688 g/mol. The van der Waals surface area contributed by atoms with E-state index in [-0.39, 0.29) is 25.8 Å². The first kappa shape index (κ1) is 44.9. The Morgan fingerprint density at radius 1 is 0.654 bits per heavy atom.